The van der Waals surface area contributed by atoms with Crippen LogP contribution in [0, 0.1) is 5.92 Å². The Balaban J connectivity index is 1.93. The maximum Gasteiger partial charge on any atom is 0.217 e. The molecule has 0 atom stereocenters. The van der Waals surface area contributed by atoms with Crippen molar-refractivity contribution in [1.82, 2.24) is 10.3 Å². The predicted molar refractivity (Wildman–Crippen MR) is 59.8 cm³/mol. The number of pyridine rings is 1. The first-order chi connectivity index (χ1) is 7.40. The molecule has 3 nitrogen and oxygen atoms in total. The highest BCUT2D eigenvalue weighted by Crippen LogP contribution is 2.29. The first-order valence-electron chi connectivity index (χ1n) is 5.67. The van der Waals surface area contributed by atoms with E-state index in [4.69, 9.17) is 4.74 Å². The number of ether oxygens (including phenoxy) is 1. The van der Waals surface area contributed by atoms with Gasteiger partial charge in [-0.1, -0.05) is 13.0 Å². The van der Waals surface area contributed by atoms with Crippen LogP contribution >= 0.6 is 0 Å². The van der Waals surface area contributed by atoms with Gasteiger partial charge in [0.15, 0.2) is 0 Å². The Morgan fingerprint density at radius 3 is 3.13 bits per heavy atom. The summed E-state index contributed by atoms with van der Waals surface area (Å²) in [6.45, 7) is 4.73. The maximum absolute atomic E-state index is 5.71. The van der Waals surface area contributed by atoms with Crippen molar-refractivity contribution in [2.75, 3.05) is 13.2 Å². The first-order valence-corrected chi connectivity index (χ1v) is 5.67. The minimum Gasteiger partial charge on any atom is -0.477 e. The molecule has 1 fully saturated rings. The molecule has 0 saturated heterocycles. The Hall–Kier alpha value is -1.09. The van der Waals surface area contributed by atoms with Crippen molar-refractivity contribution in [3.63, 3.8) is 0 Å². The molecule has 0 spiro atoms. The third kappa shape index (κ3) is 3.20. The summed E-state index contributed by atoms with van der Waals surface area (Å²) in [6.07, 6.45) is 4.42. The van der Waals surface area contributed by atoms with Gasteiger partial charge in [0.1, 0.15) is 0 Å². The lowest BCUT2D eigenvalue weighted by molar-refractivity contribution is 0.284. The van der Waals surface area contributed by atoms with Crippen molar-refractivity contribution >= 4 is 0 Å². The molecule has 2 rings (SSSR count). The van der Waals surface area contributed by atoms with Crippen molar-refractivity contribution < 1.29 is 4.74 Å². The smallest absolute Gasteiger partial charge is 0.217 e. The lowest BCUT2D eigenvalue weighted by Gasteiger charge is -2.09. The topological polar surface area (TPSA) is 34.2 Å². The van der Waals surface area contributed by atoms with Crippen LogP contribution in [0.3, 0.4) is 0 Å². The van der Waals surface area contributed by atoms with E-state index in [1.54, 1.807) is 6.20 Å². The Morgan fingerprint density at radius 1 is 1.53 bits per heavy atom. The number of hydrogen-bond acceptors (Lipinski definition) is 3. The summed E-state index contributed by atoms with van der Waals surface area (Å²) < 4.78 is 5.71. The van der Waals surface area contributed by atoms with E-state index in [1.807, 2.05) is 6.07 Å². The van der Waals surface area contributed by atoms with E-state index in [0.29, 0.717) is 0 Å². The van der Waals surface area contributed by atoms with Crippen LogP contribution in [-0.4, -0.2) is 18.1 Å². The van der Waals surface area contributed by atoms with Gasteiger partial charge in [-0.3, -0.25) is 0 Å². The number of nitrogens with zero attached hydrogens (tertiary/aromatic N) is 1. The lowest BCUT2D eigenvalue weighted by atomic mass is 10.2. The Bertz CT molecular complexity index is 310. The molecule has 1 aromatic rings. The molecule has 0 amide bonds. The second-order valence-corrected chi connectivity index (χ2v) is 4.00. The van der Waals surface area contributed by atoms with Gasteiger partial charge in [0, 0.05) is 18.3 Å². The van der Waals surface area contributed by atoms with E-state index >= 15 is 0 Å². The standard InChI is InChI=1S/C12H18N2O/c1-2-13-8-11-4-3-7-14-12(11)15-9-10-5-6-10/h3-4,7,10,13H,2,5-6,8-9H2,1H3. The molecule has 82 valence electrons. The molecule has 0 radical (unpaired) electrons. The monoisotopic (exact) mass is 206 g/mol. The summed E-state index contributed by atoms with van der Waals surface area (Å²) in [5, 5.41) is 3.29. The Kier molecular flexibility index (Phi) is 3.56. The van der Waals surface area contributed by atoms with E-state index in [2.05, 4.69) is 23.3 Å². The molecule has 3 heteroatoms. The highest BCUT2D eigenvalue weighted by Gasteiger charge is 2.22. The SMILES string of the molecule is CCNCc1cccnc1OCC1CC1. The van der Waals surface area contributed by atoms with Crippen LogP contribution in [0.1, 0.15) is 25.3 Å². The zero-order chi connectivity index (χ0) is 10.5. The van der Waals surface area contributed by atoms with Crippen molar-refractivity contribution in [3.05, 3.63) is 23.9 Å². The van der Waals surface area contributed by atoms with Crippen molar-refractivity contribution in [3.8, 4) is 5.88 Å². The van der Waals surface area contributed by atoms with Crippen LogP contribution in [0.25, 0.3) is 0 Å². The fraction of sp³-hybridized carbons (Fsp3) is 0.583. The van der Waals surface area contributed by atoms with Gasteiger partial charge in [-0.25, -0.2) is 4.98 Å². The third-order valence-corrected chi connectivity index (χ3v) is 2.57. The van der Waals surface area contributed by atoms with Crippen LogP contribution in [0.15, 0.2) is 18.3 Å². The van der Waals surface area contributed by atoms with E-state index in [9.17, 15) is 0 Å². The molecule has 1 aromatic heterocycles. The normalized spacial score (nSPS) is 15.3. The van der Waals surface area contributed by atoms with Crippen LogP contribution < -0.4 is 10.1 Å². The molecule has 1 saturated carbocycles. The van der Waals surface area contributed by atoms with E-state index in [0.717, 1.165) is 37.1 Å². The van der Waals surface area contributed by atoms with Gasteiger partial charge in [0.05, 0.1) is 6.61 Å². The second kappa shape index (κ2) is 5.12. The molecule has 1 heterocycles. The summed E-state index contributed by atoms with van der Waals surface area (Å²) >= 11 is 0. The minimum absolute atomic E-state index is 0.777. The molecular formula is C12H18N2O. The average molecular weight is 206 g/mol. The van der Waals surface area contributed by atoms with Crippen molar-refractivity contribution in [2.24, 2.45) is 5.92 Å². The number of aromatic nitrogens is 1. The van der Waals surface area contributed by atoms with E-state index in [-0.39, 0.29) is 0 Å². The van der Waals surface area contributed by atoms with E-state index in [1.165, 1.54) is 12.8 Å². The Morgan fingerprint density at radius 2 is 2.40 bits per heavy atom. The number of hydrogen-bond donors (Lipinski definition) is 1. The molecule has 15 heavy (non-hydrogen) atoms. The second-order valence-electron chi connectivity index (χ2n) is 4.00. The average Bonchev–Trinajstić information content (AvgIpc) is 3.08. The molecule has 0 unspecified atom stereocenters. The molecule has 0 aromatic carbocycles. The van der Waals surface area contributed by atoms with Gasteiger partial charge in [-0.2, -0.15) is 0 Å². The van der Waals surface area contributed by atoms with Crippen molar-refractivity contribution in [1.29, 1.82) is 0 Å². The maximum atomic E-state index is 5.71. The predicted octanol–water partition coefficient (Wildman–Crippen LogP) is 1.98. The van der Waals surface area contributed by atoms with Crippen LogP contribution in [0.5, 0.6) is 5.88 Å². The molecule has 1 N–H and O–H groups in total. The summed E-state index contributed by atoms with van der Waals surface area (Å²) in [5.74, 6) is 1.57. The minimum atomic E-state index is 0.777. The zero-order valence-electron chi connectivity index (χ0n) is 9.20. The van der Waals surface area contributed by atoms with Crippen molar-refractivity contribution in [2.45, 2.75) is 26.3 Å². The lowest BCUT2D eigenvalue weighted by Crippen LogP contribution is -2.13. The number of nitrogens with one attached hydrogen (secondary N) is 1. The van der Waals surface area contributed by atoms with Gasteiger partial charge < -0.3 is 10.1 Å². The van der Waals surface area contributed by atoms with E-state index < -0.39 is 0 Å². The summed E-state index contributed by atoms with van der Waals surface area (Å²) in [5.41, 5.74) is 1.15. The molecule has 0 bridgehead atoms. The molecule has 1 aliphatic rings. The van der Waals surface area contributed by atoms with Gasteiger partial charge in [-0.15, -0.1) is 0 Å². The van der Waals surface area contributed by atoms with Gasteiger partial charge in [0.2, 0.25) is 5.88 Å². The Labute approximate surface area is 90.9 Å². The van der Waals surface area contributed by atoms with Gasteiger partial charge in [0.25, 0.3) is 0 Å². The fourth-order valence-corrected chi connectivity index (χ4v) is 1.43. The summed E-state index contributed by atoms with van der Waals surface area (Å²) in [4.78, 5) is 4.27. The quantitative estimate of drug-likeness (QED) is 0.772. The molecule has 0 aliphatic heterocycles. The van der Waals surface area contributed by atoms with Gasteiger partial charge in [-0.05, 0) is 31.4 Å². The summed E-state index contributed by atoms with van der Waals surface area (Å²) in [6, 6.07) is 4.02. The molecule has 1 aliphatic carbocycles. The first kappa shape index (κ1) is 10.4. The largest absolute Gasteiger partial charge is 0.477 e. The van der Waals surface area contributed by atoms with Gasteiger partial charge >= 0.3 is 0 Å². The summed E-state index contributed by atoms with van der Waals surface area (Å²) in [7, 11) is 0. The van der Waals surface area contributed by atoms with Crippen LogP contribution in [-0.2, 0) is 6.54 Å². The third-order valence-electron chi connectivity index (χ3n) is 2.57. The molecular weight excluding hydrogens is 188 g/mol. The highest BCUT2D eigenvalue weighted by atomic mass is 16.5. The zero-order valence-corrected chi connectivity index (χ0v) is 9.20. The fourth-order valence-electron chi connectivity index (χ4n) is 1.43. The van der Waals surface area contributed by atoms with Crippen LogP contribution in [0.4, 0.5) is 0 Å². The highest BCUT2D eigenvalue weighted by molar-refractivity contribution is 5.25. The number of rotatable bonds is 6. The van der Waals surface area contributed by atoms with Crippen LogP contribution in [0.2, 0.25) is 0 Å².